The molecule has 0 aliphatic carbocycles. The Morgan fingerprint density at radius 1 is 0.952 bits per heavy atom. The lowest BCUT2D eigenvalue weighted by Crippen LogP contribution is -2.56. The number of aryl methyl sites for hydroxylation is 1. The molecule has 42 heavy (non-hydrogen) atoms. The lowest BCUT2D eigenvalue weighted by atomic mass is 10.1. The number of ether oxygens (including phenoxy) is 1. The number of piperazine rings is 1. The lowest BCUT2D eigenvalue weighted by Gasteiger charge is -2.39. The van der Waals surface area contributed by atoms with Crippen molar-refractivity contribution >= 4 is 35.2 Å². The summed E-state index contributed by atoms with van der Waals surface area (Å²) in [4.78, 5) is 29.5. The molecule has 4 aromatic rings. The monoisotopic (exact) mass is 603 g/mol. The summed E-state index contributed by atoms with van der Waals surface area (Å²) < 4.78 is 7.73. The van der Waals surface area contributed by atoms with E-state index in [1.54, 1.807) is 40.9 Å². The number of halogens is 1. The number of benzene rings is 3. The highest BCUT2D eigenvalue weighted by atomic mass is 35.5. The van der Waals surface area contributed by atoms with Crippen LogP contribution < -0.4 is 4.74 Å². The maximum atomic E-state index is 13.0. The fourth-order valence-corrected chi connectivity index (χ4v) is 6.04. The molecule has 0 radical (unpaired) electrons. The van der Waals surface area contributed by atoms with Crippen LogP contribution in [0.1, 0.15) is 25.3 Å². The summed E-state index contributed by atoms with van der Waals surface area (Å²) in [5.41, 5.74) is 3.17. The topological polar surface area (TPSA) is 80.6 Å². The number of carbonyl (C=O) groups is 2. The number of thioether (sulfide) groups is 1. The van der Waals surface area contributed by atoms with Crippen molar-refractivity contribution in [1.82, 2.24) is 24.6 Å². The molecule has 0 N–H and O–H groups in total. The highest BCUT2D eigenvalue weighted by Crippen LogP contribution is 2.30. The van der Waals surface area contributed by atoms with Gasteiger partial charge in [-0.25, -0.2) is 0 Å². The molecule has 0 spiro atoms. The minimum Gasteiger partial charge on any atom is -0.484 e. The second kappa shape index (κ2) is 13.9. The smallest absolute Gasteiger partial charge is 0.260 e. The Balaban J connectivity index is 1.13. The molecule has 1 aliphatic rings. The molecule has 1 saturated heterocycles. The molecule has 1 aromatic heterocycles. The van der Waals surface area contributed by atoms with E-state index in [0.717, 1.165) is 33.5 Å². The summed E-state index contributed by atoms with van der Waals surface area (Å²) in [6.45, 7) is 5.53. The van der Waals surface area contributed by atoms with E-state index in [0.29, 0.717) is 43.2 Å². The van der Waals surface area contributed by atoms with Crippen LogP contribution >= 0.6 is 23.4 Å². The summed E-state index contributed by atoms with van der Waals surface area (Å²) in [5, 5.41) is 10.5. The number of hydrogen-bond donors (Lipinski definition) is 0. The number of amides is 2. The first kappa shape index (κ1) is 29.7. The van der Waals surface area contributed by atoms with E-state index in [-0.39, 0.29) is 24.5 Å². The first-order valence-electron chi connectivity index (χ1n) is 14.1. The molecule has 218 valence electrons. The van der Waals surface area contributed by atoms with Crippen molar-refractivity contribution in [3.8, 4) is 22.8 Å². The standard InChI is InChI=1S/C32H34ClN5O3S/c1-23-9-6-7-12-28(23)38-31(25-10-4-3-5-11-25)34-35-32(38)42-20-8-13-29(39)36-18-19-37(24(2)21-36)30(40)22-41-27-16-14-26(33)15-17-27/h3-7,9-12,14-17,24H,8,13,18-22H2,1-2H3. The van der Waals surface area contributed by atoms with E-state index in [2.05, 4.69) is 33.8 Å². The third-order valence-electron chi connectivity index (χ3n) is 7.26. The molecule has 1 unspecified atom stereocenters. The fourth-order valence-electron chi connectivity index (χ4n) is 5.03. The number of rotatable bonds is 10. The second-order valence-corrected chi connectivity index (χ2v) is 11.8. The molecule has 8 nitrogen and oxygen atoms in total. The van der Waals surface area contributed by atoms with E-state index >= 15 is 0 Å². The number of hydrogen-bond acceptors (Lipinski definition) is 6. The quantitative estimate of drug-likeness (QED) is 0.166. The van der Waals surface area contributed by atoms with Crippen molar-refractivity contribution in [2.45, 2.75) is 37.9 Å². The molecule has 3 aromatic carbocycles. The van der Waals surface area contributed by atoms with Crippen molar-refractivity contribution in [2.75, 3.05) is 32.0 Å². The summed E-state index contributed by atoms with van der Waals surface area (Å²) in [6, 6.07) is 25.1. The third-order valence-corrected chi connectivity index (χ3v) is 8.53. The summed E-state index contributed by atoms with van der Waals surface area (Å²) in [6.07, 6.45) is 1.16. The van der Waals surface area contributed by atoms with Gasteiger partial charge in [-0.15, -0.1) is 10.2 Å². The minimum absolute atomic E-state index is 0.0454. The van der Waals surface area contributed by atoms with E-state index in [1.165, 1.54) is 0 Å². The normalized spacial score (nSPS) is 15.1. The number of para-hydroxylation sites is 1. The van der Waals surface area contributed by atoms with Crippen molar-refractivity contribution < 1.29 is 14.3 Å². The maximum absolute atomic E-state index is 13.0. The largest absolute Gasteiger partial charge is 0.484 e. The molecule has 1 atom stereocenters. The van der Waals surface area contributed by atoms with Crippen molar-refractivity contribution in [1.29, 1.82) is 0 Å². The van der Waals surface area contributed by atoms with Gasteiger partial charge in [-0.05, 0) is 56.2 Å². The Morgan fingerprint density at radius 2 is 1.69 bits per heavy atom. The predicted molar refractivity (Wildman–Crippen MR) is 166 cm³/mol. The predicted octanol–water partition coefficient (Wildman–Crippen LogP) is 5.91. The van der Waals surface area contributed by atoms with Gasteiger partial charge < -0.3 is 14.5 Å². The number of carbonyl (C=O) groups excluding carboxylic acids is 2. The Hall–Kier alpha value is -3.82. The van der Waals surface area contributed by atoms with Crippen LogP contribution in [0.4, 0.5) is 0 Å². The van der Waals surface area contributed by atoms with Crippen LogP contribution in [0.5, 0.6) is 5.75 Å². The molecular formula is C32H34ClN5O3S. The highest BCUT2D eigenvalue weighted by Gasteiger charge is 2.29. The van der Waals surface area contributed by atoms with Gasteiger partial charge in [-0.3, -0.25) is 14.2 Å². The Morgan fingerprint density at radius 3 is 2.43 bits per heavy atom. The first-order valence-corrected chi connectivity index (χ1v) is 15.4. The second-order valence-electron chi connectivity index (χ2n) is 10.3. The van der Waals surface area contributed by atoms with Crippen LogP contribution in [0.25, 0.3) is 17.1 Å². The molecule has 1 fully saturated rings. The SMILES string of the molecule is Cc1ccccc1-n1c(SCCCC(=O)N2CCN(C(=O)COc3ccc(Cl)cc3)C(C)C2)nnc1-c1ccccc1. The van der Waals surface area contributed by atoms with Crippen LogP contribution in [0.15, 0.2) is 84.0 Å². The molecule has 0 saturated carbocycles. The Bertz CT molecular complexity index is 1510. The third kappa shape index (κ3) is 7.14. The van der Waals surface area contributed by atoms with Crippen LogP contribution in [0.2, 0.25) is 5.02 Å². The lowest BCUT2D eigenvalue weighted by molar-refractivity contribution is -0.143. The Labute approximate surface area is 255 Å². The first-order chi connectivity index (χ1) is 20.4. The molecule has 1 aliphatic heterocycles. The highest BCUT2D eigenvalue weighted by molar-refractivity contribution is 7.99. The maximum Gasteiger partial charge on any atom is 0.260 e. The minimum atomic E-state index is -0.0893. The molecule has 5 rings (SSSR count). The molecule has 2 amide bonds. The van der Waals surface area contributed by atoms with Gasteiger partial charge in [0.15, 0.2) is 17.6 Å². The summed E-state index contributed by atoms with van der Waals surface area (Å²) >= 11 is 7.52. The zero-order valence-electron chi connectivity index (χ0n) is 23.8. The van der Waals surface area contributed by atoms with E-state index < -0.39 is 0 Å². The van der Waals surface area contributed by atoms with Crippen molar-refractivity contribution in [2.24, 2.45) is 0 Å². The molecule has 10 heteroatoms. The van der Waals surface area contributed by atoms with Gasteiger partial charge in [-0.1, -0.05) is 71.9 Å². The molecular weight excluding hydrogens is 570 g/mol. The van der Waals surface area contributed by atoms with E-state index in [1.807, 2.05) is 54.3 Å². The zero-order chi connectivity index (χ0) is 29.5. The number of nitrogens with zero attached hydrogens (tertiary/aromatic N) is 5. The van der Waals surface area contributed by atoms with Gasteiger partial charge in [0.1, 0.15) is 5.75 Å². The van der Waals surface area contributed by atoms with Gasteiger partial charge in [0.25, 0.3) is 5.91 Å². The van der Waals surface area contributed by atoms with Crippen molar-refractivity contribution in [3.05, 3.63) is 89.4 Å². The van der Waals surface area contributed by atoms with Crippen LogP contribution in [0, 0.1) is 6.92 Å². The number of aromatic nitrogens is 3. The summed E-state index contributed by atoms with van der Waals surface area (Å²) in [5.74, 6) is 2.15. The van der Waals surface area contributed by atoms with Gasteiger partial charge >= 0.3 is 0 Å². The van der Waals surface area contributed by atoms with Crippen LogP contribution in [0.3, 0.4) is 0 Å². The van der Waals surface area contributed by atoms with Gasteiger partial charge in [0.05, 0.1) is 5.69 Å². The Kier molecular flexibility index (Phi) is 9.81. The average molecular weight is 604 g/mol. The average Bonchev–Trinajstić information content (AvgIpc) is 3.43. The van der Waals surface area contributed by atoms with Gasteiger partial charge in [0, 0.05) is 48.4 Å². The van der Waals surface area contributed by atoms with Gasteiger partial charge in [0.2, 0.25) is 5.91 Å². The van der Waals surface area contributed by atoms with Crippen LogP contribution in [-0.4, -0.2) is 74.4 Å². The van der Waals surface area contributed by atoms with E-state index in [9.17, 15) is 9.59 Å². The fraction of sp³-hybridized carbons (Fsp3) is 0.312. The van der Waals surface area contributed by atoms with Crippen molar-refractivity contribution in [3.63, 3.8) is 0 Å². The van der Waals surface area contributed by atoms with Crippen LogP contribution in [-0.2, 0) is 9.59 Å². The summed E-state index contributed by atoms with van der Waals surface area (Å²) in [7, 11) is 0. The molecule has 2 heterocycles. The zero-order valence-corrected chi connectivity index (χ0v) is 25.4. The molecule has 0 bridgehead atoms. The van der Waals surface area contributed by atoms with Gasteiger partial charge in [-0.2, -0.15) is 0 Å². The van der Waals surface area contributed by atoms with E-state index in [4.69, 9.17) is 16.3 Å².